The van der Waals surface area contributed by atoms with E-state index in [1.807, 2.05) is 29.6 Å². The van der Waals surface area contributed by atoms with Crippen molar-refractivity contribution in [3.63, 3.8) is 0 Å². The van der Waals surface area contributed by atoms with E-state index in [1.54, 1.807) is 12.1 Å². The van der Waals surface area contributed by atoms with Gasteiger partial charge in [0, 0.05) is 4.88 Å². The molecular weight excluding hydrogens is 413 g/mol. The Kier molecular flexibility index (Phi) is 5.42. The summed E-state index contributed by atoms with van der Waals surface area (Å²) in [4.78, 5) is 32.6. The lowest BCUT2D eigenvalue weighted by Gasteiger charge is -2.22. The average molecular weight is 428 g/mol. The molecule has 146 valence electrons. The summed E-state index contributed by atoms with van der Waals surface area (Å²) < 4.78 is 13.2. The molecule has 0 radical (unpaired) electrons. The number of nitrogens with zero attached hydrogens (tertiary/aromatic N) is 2. The first kappa shape index (κ1) is 19.3. The summed E-state index contributed by atoms with van der Waals surface area (Å²) in [6.45, 7) is -0.212. The Hall–Kier alpha value is -3.03. The molecule has 8 heteroatoms. The van der Waals surface area contributed by atoms with Crippen molar-refractivity contribution in [3.8, 4) is 0 Å². The zero-order chi connectivity index (χ0) is 20.4. The number of carbonyl (C=O) groups is 2. The first-order chi connectivity index (χ1) is 14.0. The van der Waals surface area contributed by atoms with E-state index in [0.29, 0.717) is 17.1 Å². The highest BCUT2D eigenvalue weighted by atomic mass is 35.5. The highest BCUT2D eigenvalue weighted by Gasteiger charge is 2.27. The number of fused-ring (bicyclic) bond motifs is 1. The van der Waals surface area contributed by atoms with E-state index < -0.39 is 11.7 Å². The summed E-state index contributed by atoms with van der Waals surface area (Å²) in [5.74, 6) is -1.17. The van der Waals surface area contributed by atoms with Gasteiger partial charge in [-0.25, -0.2) is 9.38 Å². The van der Waals surface area contributed by atoms with Crippen molar-refractivity contribution < 1.29 is 14.0 Å². The molecule has 0 fully saturated rings. The van der Waals surface area contributed by atoms with Crippen LogP contribution in [0.1, 0.15) is 11.3 Å². The minimum atomic E-state index is -0.497. The zero-order valence-corrected chi connectivity index (χ0v) is 16.6. The number of hydrogen-bond acceptors (Lipinski definition) is 4. The Morgan fingerprint density at radius 1 is 1.21 bits per heavy atom. The molecule has 29 heavy (non-hydrogen) atoms. The molecule has 1 N–H and O–H groups in total. The largest absolute Gasteiger partial charge is 0.323 e. The van der Waals surface area contributed by atoms with Crippen LogP contribution >= 0.6 is 22.9 Å². The predicted molar refractivity (Wildman–Crippen MR) is 114 cm³/mol. The van der Waals surface area contributed by atoms with Gasteiger partial charge in [0.2, 0.25) is 11.8 Å². The molecule has 0 aliphatic carbocycles. The van der Waals surface area contributed by atoms with Crippen molar-refractivity contribution in [2.24, 2.45) is 4.99 Å². The van der Waals surface area contributed by atoms with Crippen LogP contribution in [0.3, 0.4) is 0 Å². The van der Waals surface area contributed by atoms with E-state index in [2.05, 4.69) is 10.3 Å². The van der Waals surface area contributed by atoms with E-state index in [4.69, 9.17) is 11.6 Å². The fraction of sp³-hybridized carbons (Fsp3) is 0.0952. The molecule has 0 atom stereocenters. The van der Waals surface area contributed by atoms with E-state index in [0.717, 1.165) is 10.9 Å². The number of rotatable bonds is 4. The van der Waals surface area contributed by atoms with Crippen LogP contribution in [-0.4, -0.2) is 24.1 Å². The number of thiophene rings is 1. The van der Waals surface area contributed by atoms with Crippen molar-refractivity contribution in [3.05, 3.63) is 75.7 Å². The first-order valence-electron chi connectivity index (χ1n) is 8.77. The fourth-order valence-corrected chi connectivity index (χ4v) is 3.96. The van der Waals surface area contributed by atoms with Crippen LogP contribution in [0.25, 0.3) is 0 Å². The van der Waals surface area contributed by atoms with Crippen molar-refractivity contribution in [1.82, 2.24) is 0 Å². The number of benzene rings is 2. The van der Waals surface area contributed by atoms with Crippen LogP contribution in [-0.2, 0) is 9.59 Å². The molecule has 1 aliphatic rings. The maximum atomic E-state index is 13.2. The van der Waals surface area contributed by atoms with Gasteiger partial charge in [0.05, 0.1) is 34.2 Å². The summed E-state index contributed by atoms with van der Waals surface area (Å²) in [5.41, 5.74) is 2.13. The van der Waals surface area contributed by atoms with Gasteiger partial charge in [0.15, 0.2) is 0 Å². The topological polar surface area (TPSA) is 61.8 Å². The van der Waals surface area contributed by atoms with Gasteiger partial charge < -0.3 is 10.2 Å². The summed E-state index contributed by atoms with van der Waals surface area (Å²) >= 11 is 7.48. The monoisotopic (exact) mass is 427 g/mol. The van der Waals surface area contributed by atoms with Crippen molar-refractivity contribution in [2.45, 2.75) is 6.42 Å². The number of anilines is 2. The molecule has 4 rings (SSSR count). The smallest absolute Gasteiger partial charge is 0.244 e. The number of aliphatic imine (C=N–C) groups is 1. The molecule has 0 saturated carbocycles. The van der Waals surface area contributed by atoms with Gasteiger partial charge in [0.25, 0.3) is 0 Å². The lowest BCUT2D eigenvalue weighted by atomic mass is 10.2. The minimum Gasteiger partial charge on any atom is -0.323 e. The van der Waals surface area contributed by atoms with Gasteiger partial charge in [-0.3, -0.25) is 9.59 Å². The second kappa shape index (κ2) is 8.14. The molecule has 1 aliphatic heterocycles. The van der Waals surface area contributed by atoms with Crippen molar-refractivity contribution in [1.29, 1.82) is 0 Å². The summed E-state index contributed by atoms with van der Waals surface area (Å²) in [5, 5.41) is 4.64. The first-order valence-corrected chi connectivity index (χ1v) is 10.0. The van der Waals surface area contributed by atoms with Gasteiger partial charge in [-0.05, 0) is 41.8 Å². The van der Waals surface area contributed by atoms with Crippen LogP contribution < -0.4 is 10.2 Å². The molecule has 2 heterocycles. The Morgan fingerprint density at radius 3 is 2.79 bits per heavy atom. The number of amides is 2. The molecule has 0 unspecified atom stereocenters. The van der Waals surface area contributed by atoms with Crippen LogP contribution in [0.15, 0.2) is 65.0 Å². The van der Waals surface area contributed by atoms with Gasteiger partial charge in [-0.15, -0.1) is 11.3 Å². The Labute approximate surface area is 175 Å². The van der Waals surface area contributed by atoms with Gasteiger partial charge in [-0.2, -0.15) is 0 Å². The highest BCUT2D eigenvalue weighted by molar-refractivity contribution is 7.12. The van der Waals surface area contributed by atoms with Crippen LogP contribution in [0, 0.1) is 5.82 Å². The molecule has 3 aromatic rings. The standard InChI is InChI=1S/C21H15ClFN3O2S/c22-14-10-13(23)7-8-15(14)25-20(27)12-26-18-5-2-1-4-16(18)24-17(11-21(26)28)19-6-3-9-29-19/h1-10H,11-12H2,(H,25,27). The van der Waals surface area contributed by atoms with Crippen LogP contribution in [0.5, 0.6) is 0 Å². The molecule has 0 bridgehead atoms. The zero-order valence-electron chi connectivity index (χ0n) is 15.1. The molecule has 1 aromatic heterocycles. The Morgan fingerprint density at radius 2 is 2.03 bits per heavy atom. The molecule has 2 aromatic carbocycles. The maximum absolute atomic E-state index is 13.2. The Balaban J connectivity index is 1.60. The normalized spacial score (nSPS) is 13.5. The van der Waals surface area contributed by atoms with Crippen LogP contribution in [0.4, 0.5) is 21.5 Å². The summed E-state index contributed by atoms with van der Waals surface area (Å²) in [7, 11) is 0. The van der Waals surface area contributed by atoms with E-state index in [-0.39, 0.29) is 29.6 Å². The lowest BCUT2D eigenvalue weighted by Crippen LogP contribution is -2.38. The van der Waals surface area contributed by atoms with E-state index >= 15 is 0 Å². The number of nitrogens with one attached hydrogen (secondary N) is 1. The molecule has 0 spiro atoms. The lowest BCUT2D eigenvalue weighted by molar-refractivity contribution is -0.120. The average Bonchev–Trinajstić information content (AvgIpc) is 3.19. The minimum absolute atomic E-state index is 0.0831. The number of hydrogen-bond donors (Lipinski definition) is 1. The fourth-order valence-electron chi connectivity index (χ4n) is 3.03. The molecule has 2 amide bonds. The quantitative estimate of drug-likeness (QED) is 0.634. The third-order valence-corrected chi connectivity index (χ3v) is 5.59. The van der Waals surface area contributed by atoms with Crippen LogP contribution in [0.2, 0.25) is 5.02 Å². The number of halogens is 2. The Bertz CT molecular complexity index is 1110. The van der Waals surface area contributed by atoms with Gasteiger partial charge >= 0.3 is 0 Å². The third kappa shape index (κ3) is 4.21. The van der Waals surface area contributed by atoms with Crippen molar-refractivity contribution >= 4 is 57.5 Å². The molecule has 5 nitrogen and oxygen atoms in total. The molecule has 0 saturated heterocycles. The maximum Gasteiger partial charge on any atom is 0.244 e. The summed E-state index contributed by atoms with van der Waals surface area (Å²) in [6, 6.07) is 14.7. The summed E-state index contributed by atoms with van der Waals surface area (Å²) in [6.07, 6.45) is 0.0831. The second-order valence-electron chi connectivity index (χ2n) is 6.35. The number of carbonyl (C=O) groups excluding carboxylic acids is 2. The molecular formula is C21H15ClFN3O2S. The third-order valence-electron chi connectivity index (χ3n) is 4.36. The predicted octanol–water partition coefficient (Wildman–Crippen LogP) is 5.04. The van der Waals surface area contributed by atoms with E-state index in [1.165, 1.54) is 28.4 Å². The van der Waals surface area contributed by atoms with Crippen molar-refractivity contribution in [2.75, 3.05) is 16.8 Å². The highest BCUT2D eigenvalue weighted by Crippen LogP contribution is 2.33. The van der Waals surface area contributed by atoms with Gasteiger partial charge in [0.1, 0.15) is 12.4 Å². The van der Waals surface area contributed by atoms with E-state index in [9.17, 15) is 14.0 Å². The second-order valence-corrected chi connectivity index (χ2v) is 7.71. The SMILES string of the molecule is O=C(CN1C(=O)CC(c2cccs2)=Nc2ccccc21)Nc1ccc(F)cc1Cl. The van der Waals surface area contributed by atoms with Gasteiger partial charge in [-0.1, -0.05) is 29.8 Å². The number of para-hydroxylation sites is 2.